The zero-order chi connectivity index (χ0) is 36.7. The lowest BCUT2D eigenvalue weighted by Gasteiger charge is -2.28. The first-order chi connectivity index (χ1) is 27.8. The standard InChI is InChI=1S/C53H39NOS/c1-2-12-34(13-3-1)38-18-8-14-35-15-9-19-41(51(35)38)39-16-4-6-23-47(39)54(48-24-11-20-42-40-17-5-7-25-49(40)55-52(42)48)37-28-29-50-46(32-37)44-22-10-21-43(53(44)56-50)45-31-33-26-27-36(45)30-33/h1-25,28-29,32-33,36,45H,26-27,30-31H2. The van der Waals surface area contributed by atoms with Gasteiger partial charge in [0.2, 0.25) is 0 Å². The number of fused-ring (bicyclic) bond motifs is 9. The van der Waals surface area contributed by atoms with Crippen LogP contribution in [-0.4, -0.2) is 0 Å². The minimum absolute atomic E-state index is 0.695. The first-order valence-corrected chi connectivity index (χ1v) is 20.9. The zero-order valence-corrected chi connectivity index (χ0v) is 31.8. The fourth-order valence-corrected chi connectivity index (χ4v) is 11.8. The fraction of sp³-hybridized carbons (Fsp3) is 0.132. The third kappa shape index (κ3) is 4.93. The van der Waals surface area contributed by atoms with Crippen molar-refractivity contribution in [2.45, 2.75) is 31.6 Å². The Bertz CT molecular complexity index is 3130. The average Bonchev–Trinajstić information content (AvgIpc) is 4.07. The van der Waals surface area contributed by atoms with Gasteiger partial charge in [0.05, 0.1) is 11.4 Å². The molecule has 3 heteroatoms. The van der Waals surface area contributed by atoms with Gasteiger partial charge in [0, 0.05) is 42.2 Å². The van der Waals surface area contributed by atoms with Gasteiger partial charge >= 0.3 is 0 Å². The normalized spacial score (nSPS) is 17.9. The number of hydrogen-bond acceptors (Lipinski definition) is 3. The van der Waals surface area contributed by atoms with Gasteiger partial charge in [-0.1, -0.05) is 140 Å². The summed E-state index contributed by atoms with van der Waals surface area (Å²) < 4.78 is 9.62. The molecule has 3 atom stereocenters. The third-order valence-corrected chi connectivity index (χ3v) is 14.2. The molecule has 0 spiro atoms. The number of rotatable bonds is 6. The Kier molecular flexibility index (Phi) is 7.28. The van der Waals surface area contributed by atoms with Gasteiger partial charge in [0.1, 0.15) is 5.58 Å². The number of benzene rings is 8. The summed E-state index contributed by atoms with van der Waals surface area (Å²) in [6, 6.07) is 62.3. The van der Waals surface area contributed by atoms with E-state index in [2.05, 4.69) is 175 Å². The van der Waals surface area contributed by atoms with Crippen molar-refractivity contribution >= 4 is 81.3 Å². The first-order valence-electron chi connectivity index (χ1n) is 20.1. The molecule has 2 aromatic heterocycles. The summed E-state index contributed by atoms with van der Waals surface area (Å²) >= 11 is 1.98. The zero-order valence-electron chi connectivity index (χ0n) is 31.0. The van der Waals surface area contributed by atoms with Crippen LogP contribution < -0.4 is 4.90 Å². The largest absolute Gasteiger partial charge is 0.454 e. The predicted octanol–water partition coefficient (Wildman–Crippen LogP) is 15.8. The van der Waals surface area contributed by atoms with Crippen molar-refractivity contribution in [3.8, 4) is 22.3 Å². The molecule has 10 aromatic rings. The highest BCUT2D eigenvalue weighted by atomic mass is 32.1. The van der Waals surface area contributed by atoms with E-state index in [1.54, 1.807) is 5.56 Å². The Labute approximate surface area is 330 Å². The topological polar surface area (TPSA) is 16.4 Å². The van der Waals surface area contributed by atoms with Crippen LogP contribution in [0.1, 0.15) is 37.2 Å². The van der Waals surface area contributed by atoms with Gasteiger partial charge < -0.3 is 9.32 Å². The number of anilines is 3. The van der Waals surface area contributed by atoms with Crippen LogP contribution in [0, 0.1) is 11.8 Å². The summed E-state index contributed by atoms with van der Waals surface area (Å²) in [6.07, 6.45) is 5.59. The lowest BCUT2D eigenvalue weighted by molar-refractivity contribution is 0.422. The van der Waals surface area contributed by atoms with E-state index in [4.69, 9.17) is 4.42 Å². The smallest absolute Gasteiger partial charge is 0.159 e. The van der Waals surface area contributed by atoms with Crippen molar-refractivity contribution in [3.63, 3.8) is 0 Å². The Balaban J connectivity index is 1.11. The maximum Gasteiger partial charge on any atom is 0.159 e. The molecule has 3 unspecified atom stereocenters. The summed E-state index contributed by atoms with van der Waals surface area (Å²) in [6.45, 7) is 0. The molecule has 2 nitrogen and oxygen atoms in total. The molecule has 0 saturated heterocycles. The van der Waals surface area contributed by atoms with Gasteiger partial charge in [-0.3, -0.25) is 0 Å². The summed E-state index contributed by atoms with van der Waals surface area (Å²) in [7, 11) is 0. The molecule has 12 rings (SSSR count). The van der Waals surface area contributed by atoms with Crippen molar-refractivity contribution < 1.29 is 4.42 Å². The molecule has 2 saturated carbocycles. The number of hydrogen-bond donors (Lipinski definition) is 0. The van der Waals surface area contributed by atoms with E-state index in [1.807, 2.05) is 11.3 Å². The number of thiophene rings is 1. The lowest BCUT2D eigenvalue weighted by Crippen LogP contribution is -2.11. The summed E-state index contributed by atoms with van der Waals surface area (Å²) in [5, 5.41) is 7.43. The Morgan fingerprint density at radius 1 is 0.536 bits per heavy atom. The van der Waals surface area contributed by atoms with Crippen molar-refractivity contribution in [1.82, 2.24) is 0 Å². The highest BCUT2D eigenvalue weighted by Gasteiger charge is 2.41. The first kappa shape index (κ1) is 32.1. The number of furan rings is 1. The van der Waals surface area contributed by atoms with E-state index in [9.17, 15) is 0 Å². The van der Waals surface area contributed by atoms with Crippen molar-refractivity contribution in [1.29, 1.82) is 0 Å². The maximum absolute atomic E-state index is 6.80. The van der Waals surface area contributed by atoms with E-state index >= 15 is 0 Å². The predicted molar refractivity (Wildman–Crippen MR) is 238 cm³/mol. The molecule has 0 amide bonds. The minimum Gasteiger partial charge on any atom is -0.454 e. The molecular formula is C53H39NOS. The van der Waals surface area contributed by atoms with Crippen LogP contribution in [0.2, 0.25) is 0 Å². The molecule has 2 aliphatic rings. The van der Waals surface area contributed by atoms with Crippen LogP contribution in [0.15, 0.2) is 174 Å². The molecule has 2 fully saturated rings. The Hall–Kier alpha value is -6.16. The minimum atomic E-state index is 0.695. The molecule has 2 bridgehead atoms. The van der Waals surface area contributed by atoms with E-state index in [0.29, 0.717) is 5.92 Å². The Morgan fingerprint density at radius 2 is 1.27 bits per heavy atom. The van der Waals surface area contributed by atoms with Gasteiger partial charge in [-0.25, -0.2) is 0 Å². The highest BCUT2D eigenvalue weighted by Crippen LogP contribution is 2.55. The molecule has 0 aliphatic heterocycles. The van der Waals surface area contributed by atoms with Crippen LogP contribution in [0.25, 0.3) is 75.1 Å². The molecular weight excluding hydrogens is 699 g/mol. The molecule has 8 aromatic carbocycles. The van der Waals surface area contributed by atoms with E-state index < -0.39 is 0 Å². The average molecular weight is 738 g/mol. The van der Waals surface area contributed by atoms with Crippen LogP contribution >= 0.6 is 11.3 Å². The van der Waals surface area contributed by atoms with Gasteiger partial charge in [0.25, 0.3) is 0 Å². The second-order valence-corrected chi connectivity index (χ2v) is 17.0. The summed E-state index contributed by atoms with van der Waals surface area (Å²) in [5.41, 5.74) is 11.4. The number of para-hydroxylation sites is 3. The SMILES string of the molecule is c1ccc(-c2cccc3cccc(-c4ccccc4N(c4ccc5sc6c(C7CC8CCC7C8)cccc6c5c4)c4cccc5c4oc4ccccc45)c23)cc1. The molecule has 0 N–H and O–H groups in total. The van der Waals surface area contributed by atoms with Crippen LogP contribution in [-0.2, 0) is 0 Å². The second kappa shape index (κ2) is 12.7. The van der Waals surface area contributed by atoms with Crippen molar-refractivity contribution in [2.24, 2.45) is 11.8 Å². The molecule has 56 heavy (non-hydrogen) atoms. The highest BCUT2D eigenvalue weighted by molar-refractivity contribution is 7.26. The van der Waals surface area contributed by atoms with Crippen LogP contribution in [0.5, 0.6) is 0 Å². The van der Waals surface area contributed by atoms with Crippen LogP contribution in [0.4, 0.5) is 17.1 Å². The molecule has 268 valence electrons. The second-order valence-electron chi connectivity index (χ2n) is 16.0. The van der Waals surface area contributed by atoms with Crippen molar-refractivity contribution in [2.75, 3.05) is 4.90 Å². The molecule has 2 heterocycles. The number of nitrogens with zero attached hydrogens (tertiary/aromatic N) is 1. The van der Waals surface area contributed by atoms with E-state index in [-0.39, 0.29) is 0 Å². The van der Waals surface area contributed by atoms with Gasteiger partial charge in [-0.15, -0.1) is 11.3 Å². The molecule has 2 aliphatic carbocycles. The lowest BCUT2D eigenvalue weighted by atomic mass is 9.83. The quantitative estimate of drug-likeness (QED) is 0.169. The molecule has 0 radical (unpaired) electrons. The van der Waals surface area contributed by atoms with E-state index in [0.717, 1.165) is 50.8 Å². The Morgan fingerprint density at radius 3 is 2.14 bits per heavy atom. The summed E-state index contributed by atoms with van der Waals surface area (Å²) in [5.74, 6) is 2.46. The maximum atomic E-state index is 6.80. The van der Waals surface area contributed by atoms with Gasteiger partial charge in [-0.2, -0.15) is 0 Å². The third-order valence-electron chi connectivity index (χ3n) is 13.0. The van der Waals surface area contributed by atoms with Crippen LogP contribution in [0.3, 0.4) is 0 Å². The van der Waals surface area contributed by atoms with Gasteiger partial charge in [0.15, 0.2) is 5.58 Å². The summed E-state index contributed by atoms with van der Waals surface area (Å²) in [4.78, 5) is 2.45. The fourth-order valence-electron chi connectivity index (χ4n) is 10.5. The monoisotopic (exact) mass is 737 g/mol. The van der Waals surface area contributed by atoms with Gasteiger partial charge in [-0.05, 0) is 106 Å². The van der Waals surface area contributed by atoms with E-state index in [1.165, 1.54) is 78.9 Å². The van der Waals surface area contributed by atoms with Crippen molar-refractivity contribution in [3.05, 3.63) is 175 Å².